The van der Waals surface area contributed by atoms with Crippen LogP contribution in [0.5, 0.6) is 0 Å². The highest BCUT2D eigenvalue weighted by molar-refractivity contribution is 8.13. The van der Waals surface area contributed by atoms with Gasteiger partial charge in [0.15, 0.2) is 5.17 Å². The lowest BCUT2D eigenvalue weighted by atomic mass is 9.97. The molecule has 1 N–H and O–H groups in total. The molecule has 6 heteroatoms. The van der Waals surface area contributed by atoms with Gasteiger partial charge in [-0.3, -0.25) is 0 Å². The number of thioether (sulfide) groups is 1. The summed E-state index contributed by atoms with van der Waals surface area (Å²) in [6.45, 7) is 2.47. The van der Waals surface area contributed by atoms with Gasteiger partial charge in [-0.2, -0.15) is 0 Å². The number of esters is 1. The molecule has 2 rings (SSSR count). The van der Waals surface area contributed by atoms with E-state index in [1.54, 1.807) is 7.11 Å². The molecule has 0 saturated heterocycles. The Morgan fingerprint density at radius 1 is 1.32 bits per heavy atom. The number of aliphatic imine (C=N–C) groups is 1. The summed E-state index contributed by atoms with van der Waals surface area (Å²) in [6.07, 6.45) is 1.95. The first-order chi connectivity index (χ1) is 10.7. The maximum Gasteiger partial charge on any atom is 0.338 e. The Bertz CT molecular complexity index is 584. The summed E-state index contributed by atoms with van der Waals surface area (Å²) in [5.74, 6) is -0.361. The molecule has 0 radical (unpaired) electrons. The minimum absolute atomic E-state index is 0.229. The van der Waals surface area contributed by atoms with Crippen LogP contribution in [-0.2, 0) is 14.3 Å². The summed E-state index contributed by atoms with van der Waals surface area (Å²) in [5, 5.41) is 3.94. The first-order valence-corrected chi connectivity index (χ1v) is 8.20. The molecule has 1 aromatic rings. The zero-order valence-electron chi connectivity index (χ0n) is 13.0. The van der Waals surface area contributed by atoms with Crippen molar-refractivity contribution in [2.24, 2.45) is 4.99 Å². The molecule has 5 nitrogen and oxygen atoms in total. The van der Waals surface area contributed by atoms with Crippen molar-refractivity contribution in [3.05, 3.63) is 47.2 Å². The summed E-state index contributed by atoms with van der Waals surface area (Å²) in [5.41, 5.74) is 2.28. The maximum absolute atomic E-state index is 12.4. The number of nitrogens with one attached hydrogen (secondary N) is 1. The highest BCUT2D eigenvalue weighted by Crippen LogP contribution is 2.32. The van der Waals surface area contributed by atoms with Gasteiger partial charge >= 0.3 is 5.97 Å². The number of carbonyl (C=O) groups is 1. The molecule has 1 unspecified atom stereocenters. The third-order valence-electron chi connectivity index (χ3n) is 3.27. The number of methoxy groups -OCH3 is 1. The largest absolute Gasteiger partial charge is 0.460 e. The summed E-state index contributed by atoms with van der Waals surface area (Å²) >= 11 is 1.52. The van der Waals surface area contributed by atoms with Crippen LogP contribution in [0.15, 0.2) is 46.6 Å². The van der Waals surface area contributed by atoms with Gasteiger partial charge in [-0.1, -0.05) is 42.1 Å². The van der Waals surface area contributed by atoms with Gasteiger partial charge in [-0.15, -0.1) is 0 Å². The van der Waals surface area contributed by atoms with E-state index < -0.39 is 0 Å². The third kappa shape index (κ3) is 3.90. The quantitative estimate of drug-likeness (QED) is 0.667. The second-order valence-electron chi connectivity index (χ2n) is 4.74. The summed E-state index contributed by atoms with van der Waals surface area (Å²) in [6, 6.07) is 9.40. The van der Waals surface area contributed by atoms with Crippen molar-refractivity contribution in [3.8, 4) is 0 Å². The molecule has 1 aliphatic heterocycles. The number of allylic oxidation sites excluding steroid dienone is 1. The maximum atomic E-state index is 12.4. The smallest absolute Gasteiger partial charge is 0.338 e. The van der Waals surface area contributed by atoms with Crippen molar-refractivity contribution in [1.82, 2.24) is 5.32 Å². The monoisotopic (exact) mass is 320 g/mol. The molecular formula is C16H20N2O3S. The minimum Gasteiger partial charge on any atom is -0.460 e. The third-order valence-corrected chi connectivity index (χ3v) is 3.86. The van der Waals surface area contributed by atoms with E-state index in [4.69, 9.17) is 9.47 Å². The standard InChI is InChI=1S/C16H20N2O3S/c1-11-13(15(19)21-10-9-20-2)14(18-16(17-11)22-3)12-7-5-4-6-8-12/h4-8,14H,9-10H2,1-3H3,(H,17,18). The Hall–Kier alpha value is -1.79. The molecule has 0 saturated carbocycles. The Morgan fingerprint density at radius 3 is 2.68 bits per heavy atom. The molecule has 0 amide bonds. The predicted octanol–water partition coefficient (Wildman–Crippen LogP) is 2.51. The fraction of sp³-hybridized carbons (Fsp3) is 0.375. The van der Waals surface area contributed by atoms with E-state index in [0.717, 1.165) is 16.4 Å². The van der Waals surface area contributed by atoms with Crippen LogP contribution < -0.4 is 5.32 Å². The molecule has 22 heavy (non-hydrogen) atoms. The van der Waals surface area contributed by atoms with Crippen LogP contribution in [0.1, 0.15) is 18.5 Å². The van der Waals surface area contributed by atoms with Crippen LogP contribution in [0.25, 0.3) is 0 Å². The molecule has 0 aromatic heterocycles. The lowest BCUT2D eigenvalue weighted by molar-refractivity contribution is -0.140. The van der Waals surface area contributed by atoms with Gasteiger partial charge in [0, 0.05) is 12.8 Å². The molecular weight excluding hydrogens is 300 g/mol. The van der Waals surface area contributed by atoms with Crippen molar-refractivity contribution in [2.45, 2.75) is 13.0 Å². The number of hydrogen-bond acceptors (Lipinski definition) is 6. The number of carbonyl (C=O) groups excluding carboxylic acids is 1. The first kappa shape index (κ1) is 16.6. The van der Waals surface area contributed by atoms with E-state index >= 15 is 0 Å². The highest BCUT2D eigenvalue weighted by atomic mass is 32.2. The molecule has 0 aliphatic carbocycles. The lowest BCUT2D eigenvalue weighted by Gasteiger charge is -2.25. The van der Waals surface area contributed by atoms with Gasteiger partial charge in [0.1, 0.15) is 12.6 Å². The molecule has 0 fully saturated rings. The number of rotatable bonds is 5. The van der Waals surface area contributed by atoms with Crippen LogP contribution in [0.2, 0.25) is 0 Å². The highest BCUT2D eigenvalue weighted by Gasteiger charge is 2.30. The van der Waals surface area contributed by atoms with Gasteiger partial charge in [-0.05, 0) is 18.7 Å². The van der Waals surface area contributed by atoms with E-state index in [1.165, 1.54) is 11.8 Å². The van der Waals surface area contributed by atoms with Crippen molar-refractivity contribution >= 4 is 22.9 Å². The van der Waals surface area contributed by atoms with Crippen LogP contribution >= 0.6 is 11.8 Å². The summed E-state index contributed by atoms with van der Waals surface area (Å²) in [7, 11) is 1.57. The molecule has 1 aliphatic rings. The second-order valence-corrected chi connectivity index (χ2v) is 5.54. The summed E-state index contributed by atoms with van der Waals surface area (Å²) < 4.78 is 10.2. The number of benzene rings is 1. The van der Waals surface area contributed by atoms with Gasteiger partial charge in [-0.25, -0.2) is 9.79 Å². The Kier molecular flexibility index (Phi) is 6.03. The average molecular weight is 320 g/mol. The van der Waals surface area contributed by atoms with E-state index in [0.29, 0.717) is 12.2 Å². The molecule has 118 valence electrons. The first-order valence-electron chi connectivity index (χ1n) is 6.98. The molecule has 1 atom stereocenters. The topological polar surface area (TPSA) is 59.9 Å². The van der Waals surface area contributed by atoms with Crippen molar-refractivity contribution < 1.29 is 14.3 Å². The molecule has 1 aromatic carbocycles. The number of ether oxygens (including phenoxy) is 2. The van der Waals surface area contributed by atoms with Crippen molar-refractivity contribution in [1.29, 1.82) is 0 Å². The van der Waals surface area contributed by atoms with Gasteiger partial charge in [0.05, 0.1) is 12.2 Å². The van der Waals surface area contributed by atoms with E-state index in [1.807, 2.05) is 43.5 Å². The molecule has 1 heterocycles. The van der Waals surface area contributed by atoms with E-state index in [9.17, 15) is 4.79 Å². The molecule has 0 spiro atoms. The van der Waals surface area contributed by atoms with Gasteiger partial charge in [0.2, 0.25) is 0 Å². The Balaban J connectivity index is 2.29. The van der Waals surface area contributed by atoms with Crippen LogP contribution in [-0.4, -0.2) is 37.7 Å². The lowest BCUT2D eigenvalue weighted by Crippen LogP contribution is -2.30. The van der Waals surface area contributed by atoms with Crippen LogP contribution in [0.4, 0.5) is 0 Å². The average Bonchev–Trinajstić information content (AvgIpc) is 2.55. The van der Waals surface area contributed by atoms with Crippen LogP contribution in [0.3, 0.4) is 0 Å². The second kappa shape index (κ2) is 8.00. The summed E-state index contributed by atoms with van der Waals surface area (Å²) in [4.78, 5) is 17.0. The zero-order chi connectivity index (χ0) is 15.9. The predicted molar refractivity (Wildman–Crippen MR) is 88.8 cm³/mol. The van der Waals surface area contributed by atoms with E-state index in [2.05, 4.69) is 10.3 Å². The number of nitrogens with zero attached hydrogens (tertiary/aromatic N) is 1. The minimum atomic E-state index is -0.361. The van der Waals surface area contributed by atoms with Crippen molar-refractivity contribution in [3.63, 3.8) is 0 Å². The van der Waals surface area contributed by atoms with Gasteiger partial charge < -0.3 is 14.8 Å². The SMILES string of the molecule is COCCOC(=O)C1=C(C)NC(SC)=NC1c1ccccc1. The van der Waals surface area contributed by atoms with E-state index in [-0.39, 0.29) is 18.6 Å². The Morgan fingerprint density at radius 2 is 2.05 bits per heavy atom. The van der Waals surface area contributed by atoms with Crippen LogP contribution in [0, 0.1) is 0 Å². The van der Waals surface area contributed by atoms with Gasteiger partial charge in [0.25, 0.3) is 0 Å². The fourth-order valence-corrected chi connectivity index (χ4v) is 2.65. The number of hydrogen-bond donors (Lipinski definition) is 1. The zero-order valence-corrected chi connectivity index (χ0v) is 13.8. The fourth-order valence-electron chi connectivity index (χ4n) is 2.19. The molecule has 0 bridgehead atoms. The Labute approximate surface area is 134 Å². The normalized spacial score (nSPS) is 17.8. The number of amidine groups is 1. The van der Waals surface area contributed by atoms with Crippen molar-refractivity contribution in [2.75, 3.05) is 26.6 Å².